The highest BCUT2D eigenvalue weighted by atomic mass is 35.5. The summed E-state index contributed by atoms with van der Waals surface area (Å²) in [6.45, 7) is 21.2. The van der Waals surface area contributed by atoms with Crippen LogP contribution in [0.5, 0.6) is 0 Å². The van der Waals surface area contributed by atoms with Crippen LogP contribution in [0.15, 0.2) is 24.3 Å². The van der Waals surface area contributed by atoms with Crippen molar-refractivity contribution < 1.29 is 0 Å². The summed E-state index contributed by atoms with van der Waals surface area (Å²) < 4.78 is 1.90. The second-order valence-corrected chi connectivity index (χ2v) is 17.4. The largest absolute Gasteiger partial charge is 0.384 e. The molecule has 0 heterocycles. The van der Waals surface area contributed by atoms with Crippen LogP contribution in [0.2, 0.25) is 0 Å². The zero-order chi connectivity index (χ0) is 42.8. The minimum absolute atomic E-state index is 0.437. The van der Waals surface area contributed by atoms with Gasteiger partial charge in [0.1, 0.15) is 11.4 Å². The molecule has 59 heavy (non-hydrogen) atoms. The lowest BCUT2D eigenvalue weighted by Gasteiger charge is -2.42. The number of halogens is 1. The van der Waals surface area contributed by atoms with Gasteiger partial charge >= 0.3 is 0 Å². The topological polar surface area (TPSA) is 73.1 Å². The van der Waals surface area contributed by atoms with E-state index in [-0.39, 0.29) is 0 Å². The normalized spacial score (nSPS) is 13.5. The van der Waals surface area contributed by atoms with Gasteiger partial charge in [0.25, 0.3) is 0 Å². The molecular formula is C49H90ClN9. The number of hydrogen-bond acceptors (Lipinski definition) is 9. The molecule has 0 amide bonds. The van der Waals surface area contributed by atoms with Crippen LogP contribution in [0.1, 0.15) is 177 Å². The number of nitrogens with one attached hydrogen (secondary N) is 5. The number of hydrogen-bond donors (Lipinski definition) is 5. The van der Waals surface area contributed by atoms with Gasteiger partial charge in [0.15, 0.2) is 0 Å². The van der Waals surface area contributed by atoms with Crippen molar-refractivity contribution in [2.45, 2.75) is 183 Å². The monoisotopic (exact) mass is 840 g/mol. The number of rotatable bonds is 34. The van der Waals surface area contributed by atoms with E-state index in [2.05, 4.69) is 128 Å². The zero-order valence-electron chi connectivity index (χ0n) is 39.5. The van der Waals surface area contributed by atoms with E-state index in [9.17, 15) is 0 Å². The molecule has 2 aromatic carbocycles. The van der Waals surface area contributed by atoms with E-state index in [0.717, 1.165) is 105 Å². The molecule has 0 spiro atoms. The Labute approximate surface area is 368 Å². The molecule has 9 nitrogen and oxygen atoms in total. The van der Waals surface area contributed by atoms with Crippen molar-refractivity contribution in [1.82, 2.24) is 5.01 Å². The van der Waals surface area contributed by atoms with Crippen LogP contribution >= 0.6 is 11.8 Å². The Morgan fingerprint density at radius 1 is 0.627 bits per heavy atom. The minimum atomic E-state index is 0.437. The lowest BCUT2D eigenvalue weighted by Crippen LogP contribution is -2.47. The Morgan fingerprint density at radius 3 is 1.78 bits per heavy atom. The fourth-order valence-electron chi connectivity index (χ4n) is 8.65. The quantitative estimate of drug-likeness (QED) is 0.0269. The maximum absolute atomic E-state index is 8.02. The molecule has 1 atom stereocenters. The van der Waals surface area contributed by atoms with Gasteiger partial charge < -0.3 is 31.5 Å². The van der Waals surface area contributed by atoms with Crippen molar-refractivity contribution in [2.75, 3.05) is 94.5 Å². The smallest absolute Gasteiger partial charge is 0.129 e. The third kappa shape index (κ3) is 15.8. The summed E-state index contributed by atoms with van der Waals surface area (Å²) in [5.74, 6) is 0.587. The molecule has 0 aromatic heterocycles. The fourth-order valence-corrected chi connectivity index (χ4v) is 9.03. The minimum Gasteiger partial charge on any atom is -0.384 e. The lowest BCUT2D eigenvalue weighted by molar-refractivity contribution is 0.379. The van der Waals surface area contributed by atoms with E-state index >= 15 is 0 Å². The molecule has 3 rings (SSSR count). The Morgan fingerprint density at radius 2 is 1.20 bits per heavy atom. The molecule has 2 aromatic rings. The van der Waals surface area contributed by atoms with Gasteiger partial charge in [0.2, 0.25) is 0 Å². The summed E-state index contributed by atoms with van der Waals surface area (Å²) in [6, 6.07) is 8.95. The molecule has 0 radical (unpaired) electrons. The van der Waals surface area contributed by atoms with Crippen molar-refractivity contribution in [3.8, 4) is 0 Å². The molecule has 1 saturated carbocycles. The first kappa shape index (κ1) is 50.4. The number of hydrazine groups is 2. The van der Waals surface area contributed by atoms with Crippen LogP contribution in [-0.4, -0.2) is 64.4 Å². The van der Waals surface area contributed by atoms with Crippen LogP contribution in [0.3, 0.4) is 0 Å². The third-order valence-corrected chi connectivity index (χ3v) is 12.5. The standard InChI is InChI=1S/C49H90ClN9/c1-10-17-20-21-22-23-24-25-26-31-38-53-46-44(54-39-40(13-4)32-18-11-2)45(55-41-33-27-28-34-41)47(52-37-19-12-3)48(57(15-6)16-7)49(46)58(50)59(56(8)9)43-36-30-29-35-42(43)51-14-5/h29-30,35-36,40-41,51-55H,10-28,31-34,37-39H2,1-9H3. The van der Waals surface area contributed by atoms with Crippen molar-refractivity contribution >= 4 is 57.3 Å². The summed E-state index contributed by atoms with van der Waals surface area (Å²) in [7, 11) is 4.17. The summed E-state index contributed by atoms with van der Waals surface area (Å²) in [5.41, 5.74) is 8.73. The second-order valence-electron chi connectivity index (χ2n) is 17.1. The number of unbranched alkanes of at least 4 members (excludes halogenated alkanes) is 11. The predicted octanol–water partition coefficient (Wildman–Crippen LogP) is 14.4. The molecule has 1 aliphatic rings. The molecule has 10 heteroatoms. The maximum atomic E-state index is 8.02. The Kier molecular flexibility index (Phi) is 25.1. The lowest BCUT2D eigenvalue weighted by atomic mass is 9.98. The van der Waals surface area contributed by atoms with Crippen LogP contribution in [0.4, 0.5) is 45.5 Å². The van der Waals surface area contributed by atoms with Gasteiger partial charge in [-0.2, -0.15) is 9.65 Å². The van der Waals surface area contributed by atoms with Crippen LogP contribution < -0.4 is 41.1 Å². The third-order valence-electron chi connectivity index (χ3n) is 12.2. The number of benzene rings is 2. The van der Waals surface area contributed by atoms with Crippen molar-refractivity contribution in [3.63, 3.8) is 0 Å². The summed E-state index contributed by atoms with van der Waals surface area (Å²) >= 11 is 8.02. The van der Waals surface area contributed by atoms with E-state index in [0.29, 0.717) is 12.0 Å². The zero-order valence-corrected chi connectivity index (χ0v) is 40.3. The molecule has 5 N–H and O–H groups in total. The van der Waals surface area contributed by atoms with Crippen LogP contribution in [-0.2, 0) is 0 Å². The Bertz CT molecular complexity index is 1390. The molecule has 1 fully saturated rings. The Balaban J connectivity index is 2.30. The average Bonchev–Trinajstić information content (AvgIpc) is 3.76. The molecule has 1 unspecified atom stereocenters. The molecule has 338 valence electrons. The molecule has 1 aliphatic carbocycles. The van der Waals surface area contributed by atoms with E-state index in [1.54, 1.807) is 0 Å². The van der Waals surface area contributed by atoms with Crippen molar-refractivity contribution in [2.24, 2.45) is 5.92 Å². The maximum Gasteiger partial charge on any atom is 0.129 e. The summed E-state index contributed by atoms with van der Waals surface area (Å²) in [6.07, 6.45) is 25.2. The van der Waals surface area contributed by atoms with Crippen molar-refractivity contribution in [3.05, 3.63) is 24.3 Å². The molecule has 0 aliphatic heterocycles. The number of nitrogens with zero attached hydrogens (tertiary/aromatic N) is 4. The first-order valence-electron chi connectivity index (χ1n) is 24.5. The predicted molar refractivity (Wildman–Crippen MR) is 267 cm³/mol. The number of para-hydroxylation sites is 2. The van der Waals surface area contributed by atoms with Gasteiger partial charge in [0.05, 0.1) is 34.1 Å². The summed E-state index contributed by atoms with van der Waals surface area (Å²) in [5, 5.41) is 24.4. The van der Waals surface area contributed by atoms with Gasteiger partial charge in [-0.3, -0.25) is 0 Å². The fraction of sp³-hybridized carbons (Fsp3) is 0.755. The SMILES string of the molecule is CCCCCCCCCCCCNc1c(NCC(CC)CCCC)c(NC2CCCC2)c(NCCCC)c(N(CC)CC)c1N(Cl)N(c1ccccc1NCC)N(C)C. The first-order valence-corrected chi connectivity index (χ1v) is 24.9. The van der Waals surface area contributed by atoms with Crippen LogP contribution in [0.25, 0.3) is 0 Å². The molecular weight excluding hydrogens is 750 g/mol. The Hall–Kier alpha value is -2.91. The van der Waals surface area contributed by atoms with Gasteiger partial charge in [-0.25, -0.2) is 5.01 Å². The first-order chi connectivity index (χ1) is 28.8. The summed E-state index contributed by atoms with van der Waals surface area (Å²) in [4.78, 5) is 2.51. The van der Waals surface area contributed by atoms with Gasteiger partial charge in [0, 0.05) is 71.2 Å². The molecule has 0 bridgehead atoms. The van der Waals surface area contributed by atoms with E-state index < -0.39 is 0 Å². The highest BCUT2D eigenvalue weighted by Crippen LogP contribution is 2.55. The average molecular weight is 841 g/mol. The van der Waals surface area contributed by atoms with Gasteiger partial charge in [-0.1, -0.05) is 136 Å². The van der Waals surface area contributed by atoms with Crippen molar-refractivity contribution in [1.29, 1.82) is 0 Å². The highest BCUT2D eigenvalue weighted by Gasteiger charge is 2.34. The van der Waals surface area contributed by atoms with Crippen LogP contribution in [0, 0.1) is 5.92 Å². The van der Waals surface area contributed by atoms with E-state index in [4.69, 9.17) is 11.8 Å². The van der Waals surface area contributed by atoms with E-state index in [1.807, 2.05) is 4.53 Å². The second kappa shape index (κ2) is 29.4. The highest BCUT2D eigenvalue weighted by molar-refractivity contribution is 6.30. The molecule has 0 saturated heterocycles. The van der Waals surface area contributed by atoms with Gasteiger partial charge in [-0.15, -0.1) is 0 Å². The van der Waals surface area contributed by atoms with E-state index in [1.165, 1.54) is 108 Å². The van der Waals surface area contributed by atoms with Gasteiger partial charge in [-0.05, 0) is 70.9 Å². The number of anilines is 8.